The molecule has 0 atom stereocenters. The molecule has 0 unspecified atom stereocenters. The van der Waals surface area contributed by atoms with E-state index in [9.17, 15) is 9.59 Å². The normalized spacial score (nSPS) is 17.9. The van der Waals surface area contributed by atoms with Gasteiger partial charge in [0.25, 0.3) is 5.91 Å². The Balaban J connectivity index is 1.64. The zero-order chi connectivity index (χ0) is 16.0. The molecule has 0 aliphatic carbocycles. The molecule has 0 saturated carbocycles. The van der Waals surface area contributed by atoms with Gasteiger partial charge in [-0.3, -0.25) is 10.1 Å². The average molecular weight is 326 g/mol. The Morgan fingerprint density at radius 2 is 2.00 bits per heavy atom. The molecule has 1 aromatic heterocycles. The van der Waals surface area contributed by atoms with Crippen molar-refractivity contribution in [1.29, 1.82) is 0 Å². The van der Waals surface area contributed by atoms with Crippen molar-refractivity contribution >= 4 is 35.3 Å². The van der Waals surface area contributed by atoms with Crippen molar-refractivity contribution in [1.82, 2.24) is 10.6 Å². The predicted octanol–water partition coefficient (Wildman–Crippen LogP) is 1.96. The fourth-order valence-corrected chi connectivity index (χ4v) is 2.70. The smallest absolute Gasteiger partial charge is 0.338 e. The van der Waals surface area contributed by atoms with E-state index in [1.165, 1.54) is 0 Å². The maximum Gasteiger partial charge on any atom is 0.338 e. The SMILES string of the molecule is O=C1NC(=S)N/C1=C\c1ccc(-c2ccc3c(c2)COC3=O)o1. The molecule has 1 aromatic carbocycles. The first-order valence-corrected chi connectivity index (χ1v) is 7.25. The van der Waals surface area contributed by atoms with Gasteiger partial charge in [-0.15, -0.1) is 0 Å². The Kier molecular flexibility index (Phi) is 3.02. The van der Waals surface area contributed by atoms with E-state index in [4.69, 9.17) is 21.4 Å². The van der Waals surface area contributed by atoms with Crippen LogP contribution < -0.4 is 10.6 Å². The standard InChI is InChI=1S/C16H10N2O4S/c19-14-12(17-16(23)18-14)6-10-2-4-13(22-10)8-1-3-11-9(5-8)7-21-15(11)20/h1-6H,7H2,(H2,17,18,19,23)/b12-6-. The van der Waals surface area contributed by atoms with Gasteiger partial charge in [0.15, 0.2) is 5.11 Å². The number of amides is 1. The molecule has 2 aromatic rings. The van der Waals surface area contributed by atoms with E-state index in [-0.39, 0.29) is 23.6 Å². The zero-order valence-electron chi connectivity index (χ0n) is 11.7. The first kappa shape index (κ1) is 13.7. The molecule has 1 fully saturated rings. The molecule has 1 saturated heterocycles. The largest absolute Gasteiger partial charge is 0.457 e. The summed E-state index contributed by atoms with van der Waals surface area (Å²) in [5.41, 5.74) is 2.60. The topological polar surface area (TPSA) is 80.6 Å². The Hall–Kier alpha value is -2.93. The molecule has 0 radical (unpaired) electrons. The van der Waals surface area contributed by atoms with E-state index in [1.54, 1.807) is 30.3 Å². The van der Waals surface area contributed by atoms with Gasteiger partial charge in [0.05, 0.1) is 5.56 Å². The average Bonchev–Trinajstić information content (AvgIpc) is 3.21. The molecule has 23 heavy (non-hydrogen) atoms. The number of hydrogen-bond acceptors (Lipinski definition) is 5. The second-order valence-electron chi connectivity index (χ2n) is 5.12. The summed E-state index contributed by atoms with van der Waals surface area (Å²) in [6.07, 6.45) is 1.58. The maximum absolute atomic E-state index is 11.6. The Labute approximate surface area is 136 Å². The first-order valence-electron chi connectivity index (χ1n) is 6.84. The number of carbonyl (C=O) groups is 2. The molecule has 3 heterocycles. The zero-order valence-corrected chi connectivity index (χ0v) is 12.5. The fourth-order valence-electron chi connectivity index (χ4n) is 2.50. The number of hydrogen-bond donors (Lipinski definition) is 2. The van der Waals surface area contributed by atoms with Gasteiger partial charge in [0, 0.05) is 17.2 Å². The minimum atomic E-state index is -0.300. The summed E-state index contributed by atoms with van der Waals surface area (Å²) in [5, 5.41) is 5.52. The first-order chi connectivity index (χ1) is 11.1. The number of benzene rings is 1. The highest BCUT2D eigenvalue weighted by molar-refractivity contribution is 7.80. The van der Waals surface area contributed by atoms with Crippen LogP contribution >= 0.6 is 12.2 Å². The van der Waals surface area contributed by atoms with Crippen molar-refractivity contribution in [3.05, 3.63) is 52.9 Å². The van der Waals surface area contributed by atoms with Crippen LogP contribution in [0.3, 0.4) is 0 Å². The van der Waals surface area contributed by atoms with E-state index in [2.05, 4.69) is 10.6 Å². The molecular weight excluding hydrogens is 316 g/mol. The molecule has 2 aliphatic heterocycles. The van der Waals surface area contributed by atoms with Crippen molar-refractivity contribution in [2.75, 3.05) is 0 Å². The number of nitrogens with one attached hydrogen (secondary N) is 2. The third-order valence-corrected chi connectivity index (χ3v) is 3.81. The third-order valence-electron chi connectivity index (χ3n) is 3.60. The number of carbonyl (C=O) groups excluding carboxylic acids is 2. The molecule has 0 spiro atoms. The van der Waals surface area contributed by atoms with E-state index >= 15 is 0 Å². The number of furan rings is 1. The Morgan fingerprint density at radius 1 is 1.13 bits per heavy atom. The van der Waals surface area contributed by atoms with Crippen LogP contribution in [0.1, 0.15) is 21.7 Å². The van der Waals surface area contributed by atoms with Gasteiger partial charge in [0.1, 0.15) is 23.8 Å². The van der Waals surface area contributed by atoms with Crippen LogP contribution in [0, 0.1) is 0 Å². The van der Waals surface area contributed by atoms with Gasteiger partial charge in [0.2, 0.25) is 0 Å². The highest BCUT2D eigenvalue weighted by Gasteiger charge is 2.22. The van der Waals surface area contributed by atoms with Crippen LogP contribution in [0.2, 0.25) is 0 Å². The summed E-state index contributed by atoms with van der Waals surface area (Å²) in [6.45, 7) is 0.279. The predicted molar refractivity (Wildman–Crippen MR) is 85.1 cm³/mol. The van der Waals surface area contributed by atoms with E-state index in [1.807, 2.05) is 6.07 Å². The van der Waals surface area contributed by atoms with Crippen LogP contribution in [-0.2, 0) is 16.1 Å². The Bertz CT molecular complexity index is 897. The quantitative estimate of drug-likeness (QED) is 0.499. The summed E-state index contributed by atoms with van der Waals surface area (Å²) in [5.74, 6) is 0.571. The Morgan fingerprint density at radius 3 is 2.78 bits per heavy atom. The van der Waals surface area contributed by atoms with Crippen LogP contribution in [0.5, 0.6) is 0 Å². The van der Waals surface area contributed by atoms with Crippen LogP contribution in [0.25, 0.3) is 17.4 Å². The summed E-state index contributed by atoms with van der Waals surface area (Å²) in [4.78, 5) is 23.1. The number of cyclic esters (lactones) is 1. The van der Waals surface area contributed by atoms with Gasteiger partial charge in [-0.2, -0.15) is 0 Å². The number of thiocarbonyl (C=S) groups is 1. The number of rotatable bonds is 2. The highest BCUT2D eigenvalue weighted by Crippen LogP contribution is 2.28. The summed E-state index contributed by atoms with van der Waals surface area (Å²) < 4.78 is 10.7. The second-order valence-corrected chi connectivity index (χ2v) is 5.52. The minimum absolute atomic E-state index is 0.274. The van der Waals surface area contributed by atoms with E-state index in [0.717, 1.165) is 11.1 Å². The lowest BCUT2D eigenvalue weighted by molar-refractivity contribution is -0.115. The summed E-state index contributed by atoms with van der Waals surface area (Å²) >= 11 is 4.87. The van der Waals surface area contributed by atoms with Crippen molar-refractivity contribution in [2.45, 2.75) is 6.61 Å². The van der Waals surface area contributed by atoms with Crippen molar-refractivity contribution in [3.63, 3.8) is 0 Å². The lowest BCUT2D eigenvalue weighted by Gasteiger charge is -1.99. The molecule has 1 amide bonds. The molecule has 2 N–H and O–H groups in total. The number of ether oxygens (including phenoxy) is 1. The fraction of sp³-hybridized carbons (Fsp3) is 0.0625. The number of esters is 1. The lowest BCUT2D eigenvalue weighted by Crippen LogP contribution is -2.21. The number of fused-ring (bicyclic) bond motifs is 1. The maximum atomic E-state index is 11.6. The van der Waals surface area contributed by atoms with E-state index in [0.29, 0.717) is 22.8 Å². The molecule has 4 rings (SSSR count). The van der Waals surface area contributed by atoms with Crippen LogP contribution in [0.4, 0.5) is 0 Å². The van der Waals surface area contributed by atoms with E-state index < -0.39 is 0 Å². The molecule has 2 aliphatic rings. The van der Waals surface area contributed by atoms with Gasteiger partial charge < -0.3 is 14.5 Å². The third kappa shape index (κ3) is 2.40. The van der Waals surface area contributed by atoms with Crippen LogP contribution in [-0.4, -0.2) is 17.0 Å². The van der Waals surface area contributed by atoms with Gasteiger partial charge in [-0.25, -0.2) is 4.79 Å². The molecule has 114 valence electrons. The minimum Gasteiger partial charge on any atom is -0.457 e. The van der Waals surface area contributed by atoms with Crippen molar-refractivity contribution in [2.24, 2.45) is 0 Å². The second kappa shape index (κ2) is 5.06. The van der Waals surface area contributed by atoms with Gasteiger partial charge in [-0.1, -0.05) is 6.07 Å². The lowest BCUT2D eigenvalue weighted by atomic mass is 10.0. The van der Waals surface area contributed by atoms with Gasteiger partial charge >= 0.3 is 5.97 Å². The summed E-state index contributed by atoms with van der Waals surface area (Å²) in [6, 6.07) is 8.96. The molecule has 7 heteroatoms. The highest BCUT2D eigenvalue weighted by atomic mass is 32.1. The summed E-state index contributed by atoms with van der Waals surface area (Å²) in [7, 11) is 0. The molecule has 0 bridgehead atoms. The van der Waals surface area contributed by atoms with Crippen molar-refractivity contribution < 1.29 is 18.7 Å². The molecular formula is C16H10N2O4S. The van der Waals surface area contributed by atoms with Crippen LogP contribution in [0.15, 0.2) is 40.4 Å². The monoisotopic (exact) mass is 326 g/mol. The van der Waals surface area contributed by atoms with Gasteiger partial charge in [-0.05, 0) is 36.5 Å². The molecule has 6 nitrogen and oxygen atoms in total. The van der Waals surface area contributed by atoms with Crippen molar-refractivity contribution in [3.8, 4) is 11.3 Å².